The van der Waals surface area contributed by atoms with E-state index in [1.807, 2.05) is 66.7 Å². The molecule has 25 heavy (non-hydrogen) atoms. The smallest absolute Gasteiger partial charge is 0.231 e. The number of hydrogen-bond acceptors (Lipinski definition) is 4. The van der Waals surface area contributed by atoms with Gasteiger partial charge < -0.3 is 14.5 Å². The van der Waals surface area contributed by atoms with Crippen LogP contribution >= 0.6 is 11.8 Å². The van der Waals surface area contributed by atoms with E-state index < -0.39 is 0 Å². The van der Waals surface area contributed by atoms with Gasteiger partial charge in [0.25, 0.3) is 0 Å². The Bertz CT molecular complexity index is 786. The van der Waals surface area contributed by atoms with Crippen LogP contribution in [0, 0.1) is 0 Å². The van der Waals surface area contributed by atoms with Crippen molar-refractivity contribution in [1.82, 2.24) is 5.32 Å². The zero-order valence-electron chi connectivity index (χ0n) is 13.8. The minimum Gasteiger partial charge on any atom is -0.497 e. The molecule has 4 nitrogen and oxygen atoms in total. The number of methoxy groups -OCH3 is 1. The minimum atomic E-state index is -0.292. The summed E-state index contributed by atoms with van der Waals surface area (Å²) >= 11 is 1.48. The van der Waals surface area contributed by atoms with E-state index in [-0.39, 0.29) is 11.9 Å². The second-order valence-electron chi connectivity index (χ2n) is 5.39. The summed E-state index contributed by atoms with van der Waals surface area (Å²) in [7, 11) is 1.63. The molecule has 1 unspecified atom stereocenters. The average Bonchev–Trinajstić information content (AvgIpc) is 3.20. The molecule has 1 N–H and O–H groups in total. The standard InChI is InChI=1S/C20H19NO3S/c1-23-16-9-11-17(12-10-16)25-14-19(22)21-20(18-8-5-13-24-18)15-6-3-2-4-7-15/h2-13,20H,14H2,1H3,(H,21,22). The maximum Gasteiger partial charge on any atom is 0.231 e. The summed E-state index contributed by atoms with van der Waals surface area (Å²) in [4.78, 5) is 13.4. The highest BCUT2D eigenvalue weighted by Gasteiger charge is 2.19. The lowest BCUT2D eigenvalue weighted by atomic mass is 10.0. The molecular formula is C20H19NO3S. The summed E-state index contributed by atoms with van der Waals surface area (Å²) < 4.78 is 10.6. The molecule has 1 aromatic heterocycles. The van der Waals surface area contributed by atoms with Gasteiger partial charge in [-0.2, -0.15) is 0 Å². The van der Waals surface area contributed by atoms with E-state index in [1.54, 1.807) is 13.4 Å². The lowest BCUT2D eigenvalue weighted by Crippen LogP contribution is -2.30. The Morgan fingerprint density at radius 3 is 2.48 bits per heavy atom. The van der Waals surface area contributed by atoms with E-state index in [2.05, 4.69) is 5.32 Å². The number of ether oxygens (including phenoxy) is 1. The molecule has 0 bridgehead atoms. The number of benzene rings is 2. The Kier molecular flexibility index (Phi) is 5.80. The molecule has 0 aliphatic rings. The SMILES string of the molecule is COc1ccc(SCC(=O)NC(c2ccccc2)c2ccco2)cc1. The zero-order valence-corrected chi connectivity index (χ0v) is 14.7. The van der Waals surface area contributed by atoms with Gasteiger partial charge in [-0.25, -0.2) is 0 Å². The zero-order chi connectivity index (χ0) is 17.5. The van der Waals surface area contributed by atoms with Crippen LogP contribution in [0.25, 0.3) is 0 Å². The Hall–Kier alpha value is -2.66. The van der Waals surface area contributed by atoms with Crippen molar-refractivity contribution in [1.29, 1.82) is 0 Å². The van der Waals surface area contributed by atoms with Gasteiger partial charge in [-0.1, -0.05) is 30.3 Å². The third-order valence-corrected chi connectivity index (χ3v) is 4.71. The number of rotatable bonds is 7. The lowest BCUT2D eigenvalue weighted by molar-refractivity contribution is -0.119. The summed E-state index contributed by atoms with van der Waals surface area (Å²) in [6.07, 6.45) is 1.61. The molecular weight excluding hydrogens is 334 g/mol. The summed E-state index contributed by atoms with van der Waals surface area (Å²) in [5, 5.41) is 3.05. The Morgan fingerprint density at radius 1 is 1.08 bits per heavy atom. The van der Waals surface area contributed by atoms with Crippen LogP contribution in [0.5, 0.6) is 5.75 Å². The number of amides is 1. The normalized spacial score (nSPS) is 11.7. The molecule has 1 atom stereocenters. The Labute approximate surface area is 151 Å². The number of carbonyl (C=O) groups is 1. The molecule has 5 heteroatoms. The van der Waals surface area contributed by atoms with Gasteiger partial charge in [0.05, 0.1) is 19.1 Å². The van der Waals surface area contributed by atoms with Crippen molar-refractivity contribution in [2.45, 2.75) is 10.9 Å². The van der Waals surface area contributed by atoms with Crippen LogP contribution in [0.2, 0.25) is 0 Å². The summed E-state index contributed by atoms with van der Waals surface area (Å²) in [5.41, 5.74) is 0.986. The fourth-order valence-corrected chi connectivity index (χ4v) is 3.15. The predicted molar refractivity (Wildman–Crippen MR) is 98.9 cm³/mol. The van der Waals surface area contributed by atoms with Gasteiger partial charge in [-0.3, -0.25) is 4.79 Å². The molecule has 0 radical (unpaired) electrons. The highest BCUT2D eigenvalue weighted by atomic mass is 32.2. The van der Waals surface area contributed by atoms with E-state index in [0.29, 0.717) is 11.5 Å². The van der Waals surface area contributed by atoms with Crippen LogP contribution in [0.3, 0.4) is 0 Å². The first-order chi connectivity index (χ1) is 12.3. The third kappa shape index (κ3) is 4.67. The van der Waals surface area contributed by atoms with Gasteiger partial charge in [0.15, 0.2) is 0 Å². The highest BCUT2D eigenvalue weighted by Crippen LogP contribution is 2.24. The largest absolute Gasteiger partial charge is 0.497 e. The van der Waals surface area contributed by atoms with Crippen LogP contribution in [0.4, 0.5) is 0 Å². The van der Waals surface area contributed by atoms with Gasteiger partial charge in [-0.15, -0.1) is 11.8 Å². The molecule has 3 aromatic rings. The van der Waals surface area contributed by atoms with Crippen LogP contribution in [0.15, 0.2) is 82.3 Å². The van der Waals surface area contributed by atoms with Gasteiger partial charge in [0, 0.05) is 4.90 Å². The number of carbonyl (C=O) groups excluding carboxylic acids is 1. The van der Waals surface area contributed by atoms with Crippen molar-refractivity contribution >= 4 is 17.7 Å². The first-order valence-corrected chi connectivity index (χ1v) is 8.89. The van der Waals surface area contributed by atoms with E-state index in [1.165, 1.54) is 11.8 Å². The summed E-state index contributed by atoms with van der Waals surface area (Å²) in [5.74, 6) is 1.80. The summed E-state index contributed by atoms with van der Waals surface area (Å²) in [6.45, 7) is 0. The molecule has 0 spiro atoms. The van der Waals surface area contributed by atoms with Crippen LogP contribution in [0.1, 0.15) is 17.4 Å². The molecule has 0 saturated heterocycles. The van der Waals surface area contributed by atoms with Gasteiger partial charge in [0.2, 0.25) is 5.91 Å². The maximum absolute atomic E-state index is 12.4. The average molecular weight is 353 g/mol. The maximum atomic E-state index is 12.4. The van der Waals surface area contributed by atoms with Crippen LogP contribution in [-0.4, -0.2) is 18.8 Å². The number of thioether (sulfide) groups is 1. The molecule has 128 valence electrons. The van der Waals surface area contributed by atoms with Crippen molar-refractivity contribution in [3.8, 4) is 5.75 Å². The van der Waals surface area contributed by atoms with Crippen molar-refractivity contribution in [3.63, 3.8) is 0 Å². The first-order valence-electron chi connectivity index (χ1n) is 7.91. The second-order valence-corrected chi connectivity index (χ2v) is 6.44. The number of hydrogen-bond donors (Lipinski definition) is 1. The van der Waals surface area contributed by atoms with Crippen molar-refractivity contribution < 1.29 is 13.9 Å². The van der Waals surface area contributed by atoms with Crippen LogP contribution in [-0.2, 0) is 4.79 Å². The first kappa shape index (κ1) is 17.2. The van der Waals surface area contributed by atoms with E-state index in [9.17, 15) is 4.79 Å². The molecule has 2 aromatic carbocycles. The molecule has 1 heterocycles. The molecule has 1 amide bonds. The molecule has 0 aliphatic heterocycles. The fourth-order valence-electron chi connectivity index (χ4n) is 2.44. The van der Waals surface area contributed by atoms with E-state index in [0.717, 1.165) is 16.2 Å². The molecule has 3 rings (SSSR count). The van der Waals surface area contributed by atoms with Crippen LogP contribution < -0.4 is 10.1 Å². The third-order valence-electron chi connectivity index (χ3n) is 3.70. The Balaban J connectivity index is 1.64. The van der Waals surface area contributed by atoms with Crippen molar-refractivity contribution in [3.05, 3.63) is 84.3 Å². The summed E-state index contributed by atoms with van der Waals surface area (Å²) in [6, 6.07) is 20.9. The van der Waals surface area contributed by atoms with Gasteiger partial charge >= 0.3 is 0 Å². The molecule has 0 saturated carbocycles. The molecule has 0 fully saturated rings. The van der Waals surface area contributed by atoms with E-state index >= 15 is 0 Å². The van der Waals surface area contributed by atoms with Gasteiger partial charge in [-0.05, 0) is 42.0 Å². The minimum absolute atomic E-state index is 0.0499. The quantitative estimate of drug-likeness (QED) is 0.644. The Morgan fingerprint density at radius 2 is 1.84 bits per heavy atom. The monoisotopic (exact) mass is 353 g/mol. The number of nitrogens with one attached hydrogen (secondary N) is 1. The lowest BCUT2D eigenvalue weighted by Gasteiger charge is -2.17. The van der Waals surface area contributed by atoms with Gasteiger partial charge in [0.1, 0.15) is 17.6 Å². The van der Waals surface area contributed by atoms with E-state index in [4.69, 9.17) is 9.15 Å². The molecule has 0 aliphatic carbocycles. The highest BCUT2D eigenvalue weighted by molar-refractivity contribution is 8.00. The predicted octanol–water partition coefficient (Wildman–Crippen LogP) is 4.29. The second kappa shape index (κ2) is 8.44. The topological polar surface area (TPSA) is 51.5 Å². The van der Waals surface area contributed by atoms with Crippen molar-refractivity contribution in [2.24, 2.45) is 0 Å². The fraction of sp³-hybridized carbons (Fsp3) is 0.150. The van der Waals surface area contributed by atoms with Crippen molar-refractivity contribution in [2.75, 3.05) is 12.9 Å². The number of furan rings is 1.